The number of benzene rings is 4. The lowest BCUT2D eigenvalue weighted by atomic mass is 10.0. The molecule has 16 nitrogen and oxygen atoms in total. The van der Waals surface area contributed by atoms with Crippen molar-refractivity contribution in [1.82, 2.24) is 41.9 Å². The Kier molecular flexibility index (Phi) is 11.9. The lowest BCUT2D eigenvalue weighted by molar-refractivity contribution is -0.133. The van der Waals surface area contributed by atoms with Gasteiger partial charge in [-0.2, -0.15) is 0 Å². The fraction of sp³-hybridized carbons (Fsp3) is 0.209. The van der Waals surface area contributed by atoms with Gasteiger partial charge in [0.05, 0.1) is 12.1 Å². The zero-order chi connectivity index (χ0) is 41.5. The summed E-state index contributed by atoms with van der Waals surface area (Å²) in [7, 11) is 0. The molecule has 6 aromatic rings. The molecule has 1 fully saturated rings. The Balaban J connectivity index is 1.24. The molecule has 1 saturated heterocycles. The first-order chi connectivity index (χ1) is 28.5. The zero-order valence-corrected chi connectivity index (χ0v) is 31.7. The van der Waals surface area contributed by atoms with E-state index in [1.165, 1.54) is 18.2 Å². The molecule has 4 aromatic carbocycles. The van der Waals surface area contributed by atoms with Gasteiger partial charge in [0.1, 0.15) is 29.9 Å². The third kappa shape index (κ3) is 9.51. The Morgan fingerprint density at radius 2 is 1.12 bits per heavy atom. The van der Waals surface area contributed by atoms with Crippen molar-refractivity contribution in [3.05, 3.63) is 132 Å². The second-order valence-electron chi connectivity index (χ2n) is 14.3. The molecule has 0 aliphatic carbocycles. The van der Waals surface area contributed by atoms with Crippen LogP contribution in [0, 0.1) is 0 Å². The van der Waals surface area contributed by atoms with Crippen molar-refractivity contribution in [3.8, 4) is 5.75 Å². The molecule has 6 amide bonds. The summed E-state index contributed by atoms with van der Waals surface area (Å²) in [5.41, 5.74) is 9.95. The molecule has 0 saturated carbocycles. The van der Waals surface area contributed by atoms with Crippen LogP contribution in [0.25, 0.3) is 21.8 Å². The van der Waals surface area contributed by atoms with Crippen LogP contribution >= 0.6 is 0 Å². The number of phenols is 1. The normalized spacial score (nSPS) is 19.4. The third-order valence-electron chi connectivity index (χ3n) is 10.2. The molecule has 0 unspecified atom stereocenters. The summed E-state index contributed by atoms with van der Waals surface area (Å²) >= 11 is 0. The molecule has 0 spiro atoms. The zero-order valence-electron chi connectivity index (χ0n) is 31.7. The minimum absolute atomic E-state index is 0.00538. The van der Waals surface area contributed by atoms with Crippen LogP contribution < -0.4 is 37.6 Å². The molecule has 59 heavy (non-hydrogen) atoms. The fourth-order valence-corrected chi connectivity index (χ4v) is 7.09. The summed E-state index contributed by atoms with van der Waals surface area (Å²) in [5.74, 6) is -4.34. The molecule has 11 N–H and O–H groups in total. The van der Waals surface area contributed by atoms with Gasteiger partial charge in [0.15, 0.2) is 0 Å². The number of hydrogen-bond donors (Lipinski definition) is 10. The van der Waals surface area contributed by atoms with E-state index in [0.717, 1.165) is 21.8 Å². The van der Waals surface area contributed by atoms with E-state index in [2.05, 4.69) is 41.9 Å². The Bertz CT molecular complexity index is 2530. The highest BCUT2D eigenvalue weighted by molar-refractivity contribution is 6.01. The van der Waals surface area contributed by atoms with Gasteiger partial charge in [-0.1, -0.05) is 60.7 Å². The van der Waals surface area contributed by atoms with Gasteiger partial charge in [-0.05, 0) is 53.1 Å². The number of aromatic amines is 2. The topological polar surface area (TPSA) is 252 Å². The van der Waals surface area contributed by atoms with Crippen LogP contribution in [0.4, 0.5) is 5.69 Å². The van der Waals surface area contributed by atoms with Crippen molar-refractivity contribution in [2.75, 3.05) is 18.8 Å². The van der Waals surface area contributed by atoms with Gasteiger partial charge in [0.2, 0.25) is 29.5 Å². The molecule has 16 heteroatoms. The molecule has 0 bridgehead atoms. The number of nitrogens with one attached hydrogen (secondary N) is 8. The molecule has 2 aromatic heterocycles. The Morgan fingerprint density at radius 1 is 0.610 bits per heavy atom. The number of phenolic OH excluding ortho intramolecular Hbond substituents is 1. The van der Waals surface area contributed by atoms with Crippen LogP contribution in [-0.4, -0.2) is 87.8 Å². The van der Waals surface area contributed by atoms with E-state index in [4.69, 9.17) is 5.73 Å². The molecule has 3 heterocycles. The Morgan fingerprint density at radius 3 is 1.73 bits per heavy atom. The maximum atomic E-state index is 14.5. The second-order valence-corrected chi connectivity index (χ2v) is 14.3. The van der Waals surface area contributed by atoms with Crippen molar-refractivity contribution in [3.63, 3.8) is 0 Å². The van der Waals surface area contributed by atoms with Crippen molar-refractivity contribution in [2.24, 2.45) is 0 Å². The van der Waals surface area contributed by atoms with Gasteiger partial charge in [-0.15, -0.1) is 0 Å². The highest BCUT2D eigenvalue weighted by Gasteiger charge is 2.34. The van der Waals surface area contributed by atoms with Gasteiger partial charge in [0.25, 0.3) is 5.91 Å². The van der Waals surface area contributed by atoms with Crippen LogP contribution in [0.15, 0.2) is 109 Å². The number of nitrogens with two attached hydrogens (primary N) is 1. The lowest BCUT2D eigenvalue weighted by Crippen LogP contribution is -2.60. The van der Waals surface area contributed by atoms with Crippen LogP contribution in [-0.2, 0) is 43.2 Å². The highest BCUT2D eigenvalue weighted by Crippen LogP contribution is 2.21. The number of hydrogen-bond acceptors (Lipinski definition) is 8. The molecule has 0 radical (unpaired) electrons. The van der Waals surface area contributed by atoms with Crippen LogP contribution in [0.2, 0.25) is 0 Å². The maximum absolute atomic E-state index is 14.5. The highest BCUT2D eigenvalue weighted by atomic mass is 16.3. The number of nitrogen functional groups attached to an aromatic ring is 1. The Labute approximate surface area is 337 Å². The number of amides is 6. The molecule has 1 aliphatic heterocycles. The van der Waals surface area contributed by atoms with Crippen LogP contribution in [0.1, 0.15) is 27.0 Å². The van der Waals surface area contributed by atoms with E-state index >= 15 is 0 Å². The minimum atomic E-state index is -1.46. The summed E-state index contributed by atoms with van der Waals surface area (Å²) in [6, 6.07) is 22.0. The number of fused-ring (bicyclic) bond motifs is 2. The SMILES string of the molecule is Nc1ccccc1C(=O)NC[C@@H]1NC(=O)[C@H](Cc2c[nH]c3ccccc23)NC(=O)[C@H](Cc2ccc(O)cc2)NC(=O)CNC(=O)[C@H](Cc2c[nH]c3ccccc23)NC1=O. The van der Waals surface area contributed by atoms with E-state index in [1.807, 2.05) is 48.5 Å². The lowest BCUT2D eigenvalue weighted by Gasteiger charge is -2.26. The molecular weight excluding hydrogens is 755 g/mol. The average molecular weight is 798 g/mol. The number of carbonyl (C=O) groups is 6. The summed E-state index contributed by atoms with van der Waals surface area (Å²) in [5, 5.41) is 27.6. The average Bonchev–Trinajstić information content (AvgIpc) is 3.84. The number of aromatic hydroxyl groups is 1. The maximum Gasteiger partial charge on any atom is 0.253 e. The van der Waals surface area contributed by atoms with E-state index < -0.39 is 72.7 Å². The monoisotopic (exact) mass is 797 g/mol. The quantitative estimate of drug-likeness (QED) is 0.0957. The summed E-state index contributed by atoms with van der Waals surface area (Å²) in [6.45, 7) is -0.976. The van der Waals surface area contributed by atoms with Gasteiger partial charge < -0.3 is 52.7 Å². The first-order valence-corrected chi connectivity index (χ1v) is 19.0. The van der Waals surface area contributed by atoms with Crippen LogP contribution in [0.3, 0.4) is 0 Å². The molecular formula is C43H43N9O7. The first kappa shape index (κ1) is 39.6. The number of aromatic nitrogens is 2. The molecule has 302 valence electrons. The number of rotatable bonds is 9. The van der Waals surface area contributed by atoms with E-state index in [9.17, 15) is 33.9 Å². The van der Waals surface area contributed by atoms with Crippen molar-refractivity contribution in [2.45, 2.75) is 43.4 Å². The van der Waals surface area contributed by atoms with Gasteiger partial charge in [0, 0.05) is 65.7 Å². The summed E-state index contributed by atoms with van der Waals surface area (Å²) < 4.78 is 0. The molecule has 7 rings (SSSR count). The number of para-hydroxylation sites is 3. The predicted octanol–water partition coefficient (Wildman–Crippen LogP) is 1.46. The van der Waals surface area contributed by atoms with Crippen LogP contribution in [0.5, 0.6) is 5.75 Å². The summed E-state index contributed by atoms with van der Waals surface area (Å²) in [6.07, 6.45) is 3.36. The smallest absolute Gasteiger partial charge is 0.253 e. The molecule has 4 atom stereocenters. The Hall–Kier alpha value is -7.62. The van der Waals surface area contributed by atoms with Gasteiger partial charge in [-0.25, -0.2) is 0 Å². The summed E-state index contributed by atoms with van der Waals surface area (Å²) in [4.78, 5) is 89.9. The number of carbonyl (C=O) groups excluding carboxylic acids is 6. The number of anilines is 1. The third-order valence-corrected chi connectivity index (χ3v) is 10.2. The van der Waals surface area contributed by atoms with Crippen molar-refractivity contribution < 1.29 is 33.9 Å². The van der Waals surface area contributed by atoms with Gasteiger partial charge in [-0.3, -0.25) is 28.8 Å². The predicted molar refractivity (Wildman–Crippen MR) is 220 cm³/mol. The van der Waals surface area contributed by atoms with E-state index in [0.29, 0.717) is 16.7 Å². The van der Waals surface area contributed by atoms with Gasteiger partial charge >= 0.3 is 0 Å². The van der Waals surface area contributed by atoms with Crippen molar-refractivity contribution >= 4 is 62.9 Å². The fourth-order valence-electron chi connectivity index (χ4n) is 7.09. The largest absolute Gasteiger partial charge is 0.508 e. The minimum Gasteiger partial charge on any atom is -0.508 e. The first-order valence-electron chi connectivity index (χ1n) is 19.0. The van der Waals surface area contributed by atoms with E-state index in [1.54, 1.807) is 42.7 Å². The standard InChI is InChI=1S/C43H43N9O7/c44-31-10-4-1-9-30(31)39(55)47-22-37-43(59)50-35(18-25-20-45-32-11-5-2-7-28(25)32)40(56)48-23-38(54)49-34(17-24-13-15-27(53)16-14-24)41(57)51-36(42(58)52-37)19-26-21-46-33-12-6-3-8-29(26)33/h1-16,20-21,34-37,45-46,53H,17-19,22-23,44H2,(H,47,55)(H,48,56)(H,49,54)(H,50,59)(H,51,57)(H,52,58)/t34-,35-,36-,37-/m0/s1. The van der Waals surface area contributed by atoms with Crippen molar-refractivity contribution in [1.29, 1.82) is 0 Å². The van der Waals surface area contributed by atoms with E-state index in [-0.39, 0.29) is 36.3 Å². The molecule has 1 aliphatic rings. The number of H-pyrrole nitrogens is 2. The second kappa shape index (κ2) is 17.7.